The lowest BCUT2D eigenvalue weighted by Gasteiger charge is -2.36. The molecule has 0 aliphatic carbocycles. The van der Waals surface area contributed by atoms with Crippen LogP contribution in [-0.4, -0.2) is 41.4 Å². The maximum atomic E-state index is 13.2. The van der Waals surface area contributed by atoms with Gasteiger partial charge in [-0.15, -0.1) is 0 Å². The Bertz CT molecular complexity index is 1110. The summed E-state index contributed by atoms with van der Waals surface area (Å²) in [4.78, 5) is 21.7. The summed E-state index contributed by atoms with van der Waals surface area (Å²) in [5.41, 5.74) is 10.1. The summed E-state index contributed by atoms with van der Waals surface area (Å²) < 4.78 is 0. The average Bonchev–Trinajstić information content (AvgIpc) is 3.16. The number of aliphatic imine (C=N–C) groups is 1. The van der Waals surface area contributed by atoms with Crippen LogP contribution >= 0.6 is 23.4 Å². The summed E-state index contributed by atoms with van der Waals surface area (Å²) in [5, 5.41) is 10.3. The number of carbonyl (C=O) groups is 1. The molecule has 174 valence electrons. The van der Waals surface area contributed by atoms with E-state index >= 15 is 0 Å². The van der Waals surface area contributed by atoms with Crippen molar-refractivity contribution in [1.82, 2.24) is 10.9 Å². The minimum atomic E-state index is -0.242. The van der Waals surface area contributed by atoms with E-state index in [1.165, 1.54) is 11.8 Å². The van der Waals surface area contributed by atoms with E-state index in [2.05, 4.69) is 10.9 Å². The second-order valence-electron chi connectivity index (χ2n) is 8.38. The zero-order chi connectivity index (χ0) is 23.7. The van der Waals surface area contributed by atoms with Crippen LogP contribution in [0.15, 0.2) is 47.5 Å². The number of benzene rings is 2. The first-order valence-corrected chi connectivity index (χ1v) is 12.4. The molecular weight excluding hydrogens is 456 g/mol. The second-order valence-corrected chi connectivity index (χ2v) is 9.73. The number of thioether (sulfide) groups is 1. The number of amides is 1. The first kappa shape index (κ1) is 23.8. The SMILES string of the molecule is CCN(C(=O)CSC1=NC2NNC(C)C2C(=N)N1c1ccc(Cl)c(C)c1)c1cccc(C)c1. The molecule has 0 bridgehead atoms. The van der Waals surface area contributed by atoms with Crippen molar-refractivity contribution >= 4 is 51.6 Å². The lowest BCUT2D eigenvalue weighted by Crippen LogP contribution is -2.50. The number of amidine groups is 2. The standard InChI is InChI=1S/C24H29ClN6OS/c1-5-30(17-8-6-7-14(2)11-17)20(32)13-33-24-27-23-21(16(4)28-29-23)22(26)31(24)18-9-10-19(25)15(3)12-18/h6-12,16,21,23,26,28-29H,5,13H2,1-4H3. The van der Waals surface area contributed by atoms with Crippen LogP contribution in [0, 0.1) is 25.2 Å². The highest BCUT2D eigenvalue weighted by molar-refractivity contribution is 8.14. The molecule has 0 spiro atoms. The Kier molecular flexibility index (Phi) is 7.09. The fraction of sp³-hybridized carbons (Fsp3) is 0.375. The Hall–Kier alpha value is -2.39. The molecule has 9 heteroatoms. The highest BCUT2D eigenvalue weighted by Crippen LogP contribution is 2.33. The van der Waals surface area contributed by atoms with Gasteiger partial charge in [-0.05, 0) is 69.2 Å². The smallest absolute Gasteiger partial charge is 0.237 e. The molecule has 33 heavy (non-hydrogen) atoms. The van der Waals surface area contributed by atoms with E-state index in [-0.39, 0.29) is 29.8 Å². The maximum Gasteiger partial charge on any atom is 0.237 e. The zero-order valence-corrected chi connectivity index (χ0v) is 20.8. The number of rotatable bonds is 5. The second kappa shape index (κ2) is 9.85. The summed E-state index contributed by atoms with van der Waals surface area (Å²) >= 11 is 7.61. The van der Waals surface area contributed by atoms with Gasteiger partial charge in [0.1, 0.15) is 12.0 Å². The van der Waals surface area contributed by atoms with Gasteiger partial charge in [0.2, 0.25) is 5.91 Å². The van der Waals surface area contributed by atoms with Gasteiger partial charge in [-0.3, -0.25) is 20.5 Å². The Morgan fingerprint density at radius 1 is 1.24 bits per heavy atom. The Morgan fingerprint density at radius 2 is 2.03 bits per heavy atom. The average molecular weight is 485 g/mol. The molecule has 2 aromatic carbocycles. The van der Waals surface area contributed by atoms with E-state index in [1.807, 2.05) is 75.1 Å². The zero-order valence-electron chi connectivity index (χ0n) is 19.2. The highest BCUT2D eigenvalue weighted by atomic mass is 35.5. The van der Waals surface area contributed by atoms with Gasteiger partial charge >= 0.3 is 0 Å². The van der Waals surface area contributed by atoms with Crippen molar-refractivity contribution in [3.8, 4) is 0 Å². The number of hydrogen-bond donors (Lipinski definition) is 3. The van der Waals surface area contributed by atoms with Crippen molar-refractivity contribution in [2.75, 3.05) is 22.1 Å². The summed E-state index contributed by atoms with van der Waals surface area (Å²) in [6, 6.07) is 13.7. The van der Waals surface area contributed by atoms with Crippen LogP contribution in [0.4, 0.5) is 11.4 Å². The molecule has 4 rings (SSSR count). The molecule has 2 aliphatic rings. The van der Waals surface area contributed by atoms with Crippen molar-refractivity contribution in [1.29, 1.82) is 5.41 Å². The van der Waals surface area contributed by atoms with Gasteiger partial charge in [0.15, 0.2) is 5.17 Å². The lowest BCUT2D eigenvalue weighted by molar-refractivity contribution is -0.116. The number of anilines is 2. The minimum Gasteiger partial charge on any atom is -0.312 e. The molecule has 0 saturated carbocycles. The van der Waals surface area contributed by atoms with Gasteiger partial charge in [-0.25, -0.2) is 10.4 Å². The number of carbonyl (C=O) groups excluding carboxylic acids is 1. The predicted octanol–water partition coefficient (Wildman–Crippen LogP) is 4.34. The summed E-state index contributed by atoms with van der Waals surface area (Å²) in [7, 11) is 0. The third-order valence-electron chi connectivity index (χ3n) is 5.99. The van der Waals surface area contributed by atoms with Gasteiger partial charge in [-0.1, -0.05) is 35.5 Å². The number of halogens is 1. The van der Waals surface area contributed by atoms with Crippen molar-refractivity contribution < 1.29 is 4.79 Å². The molecule has 1 fully saturated rings. The minimum absolute atomic E-state index is 0.00237. The molecule has 2 heterocycles. The third-order valence-corrected chi connectivity index (χ3v) is 7.35. The maximum absolute atomic E-state index is 13.2. The summed E-state index contributed by atoms with van der Waals surface area (Å²) in [6.07, 6.45) is -0.242. The normalized spacial score (nSPS) is 22.2. The third kappa shape index (κ3) is 4.80. The molecule has 0 aromatic heterocycles. The molecule has 7 nitrogen and oxygen atoms in total. The first-order chi connectivity index (χ1) is 15.8. The van der Waals surface area contributed by atoms with Gasteiger partial charge in [-0.2, -0.15) is 0 Å². The number of nitrogens with one attached hydrogen (secondary N) is 3. The fourth-order valence-electron chi connectivity index (χ4n) is 4.22. The largest absolute Gasteiger partial charge is 0.312 e. The van der Waals surface area contributed by atoms with Crippen LogP contribution in [0.3, 0.4) is 0 Å². The Balaban J connectivity index is 1.60. The van der Waals surface area contributed by atoms with E-state index in [1.54, 1.807) is 4.90 Å². The van der Waals surface area contributed by atoms with Crippen molar-refractivity contribution in [3.05, 3.63) is 58.6 Å². The lowest BCUT2D eigenvalue weighted by atomic mass is 9.97. The van der Waals surface area contributed by atoms with Crippen LogP contribution in [0.1, 0.15) is 25.0 Å². The monoisotopic (exact) mass is 484 g/mol. The number of nitrogens with zero attached hydrogens (tertiary/aromatic N) is 3. The van der Waals surface area contributed by atoms with Crippen LogP contribution < -0.4 is 20.7 Å². The first-order valence-electron chi connectivity index (χ1n) is 11.0. The molecular formula is C24H29ClN6OS. The molecule has 3 atom stereocenters. The van der Waals surface area contributed by atoms with Crippen LogP contribution in [0.2, 0.25) is 5.02 Å². The fourth-order valence-corrected chi connectivity index (χ4v) is 5.27. The molecule has 3 unspecified atom stereocenters. The molecule has 1 amide bonds. The van der Waals surface area contributed by atoms with Crippen molar-refractivity contribution in [2.24, 2.45) is 10.9 Å². The molecule has 2 aromatic rings. The Labute approximate surface area is 204 Å². The van der Waals surface area contributed by atoms with Gasteiger partial charge in [0.05, 0.1) is 11.7 Å². The predicted molar refractivity (Wildman–Crippen MR) is 139 cm³/mol. The van der Waals surface area contributed by atoms with Gasteiger partial charge in [0.25, 0.3) is 0 Å². The van der Waals surface area contributed by atoms with Crippen LogP contribution in [0.5, 0.6) is 0 Å². The van der Waals surface area contributed by atoms with Gasteiger partial charge in [0, 0.05) is 29.0 Å². The van der Waals surface area contributed by atoms with E-state index in [0.29, 0.717) is 22.6 Å². The van der Waals surface area contributed by atoms with E-state index in [4.69, 9.17) is 22.0 Å². The molecule has 0 radical (unpaired) electrons. The van der Waals surface area contributed by atoms with E-state index in [0.717, 1.165) is 22.5 Å². The van der Waals surface area contributed by atoms with E-state index < -0.39 is 0 Å². The van der Waals surface area contributed by atoms with E-state index in [9.17, 15) is 4.79 Å². The Morgan fingerprint density at radius 3 is 2.73 bits per heavy atom. The highest BCUT2D eigenvalue weighted by Gasteiger charge is 2.43. The van der Waals surface area contributed by atoms with Gasteiger partial charge < -0.3 is 4.90 Å². The molecule has 1 saturated heterocycles. The van der Waals surface area contributed by atoms with Crippen molar-refractivity contribution in [2.45, 2.75) is 39.9 Å². The van der Waals surface area contributed by atoms with Crippen LogP contribution in [0.25, 0.3) is 0 Å². The number of aryl methyl sites for hydroxylation is 2. The van der Waals surface area contributed by atoms with Crippen molar-refractivity contribution in [3.63, 3.8) is 0 Å². The summed E-state index contributed by atoms with van der Waals surface area (Å²) in [6.45, 7) is 8.55. The molecule has 2 aliphatic heterocycles. The number of hydrazine groups is 1. The topological polar surface area (TPSA) is 83.8 Å². The summed E-state index contributed by atoms with van der Waals surface area (Å²) in [5.74, 6) is 0.558. The van der Waals surface area contributed by atoms with Crippen LogP contribution in [-0.2, 0) is 4.79 Å². The molecule has 3 N–H and O–H groups in total. The number of fused-ring (bicyclic) bond motifs is 1. The quantitative estimate of drug-likeness (QED) is 0.588. The number of hydrogen-bond acceptors (Lipinski definition) is 6.